The first-order chi connectivity index (χ1) is 11.8. The van der Waals surface area contributed by atoms with Crippen molar-refractivity contribution in [3.8, 4) is 11.4 Å². The van der Waals surface area contributed by atoms with E-state index >= 15 is 0 Å². The third kappa shape index (κ3) is 4.85. The standard InChI is InChI=1S/C16H20N4OS.C2H6/c1-22-11-14-10-15(20-6-8-21-9-7-20)19-16(18-14)12-2-4-13(17)5-3-12;1-2/h2-5,10H,6-9,11,17H2,1H3;1-2H3. The molecule has 0 spiro atoms. The number of nitrogens with zero attached hydrogens (tertiary/aromatic N) is 3. The maximum Gasteiger partial charge on any atom is 0.161 e. The van der Waals surface area contributed by atoms with Crippen molar-refractivity contribution in [3.05, 3.63) is 36.0 Å². The fraction of sp³-hybridized carbons (Fsp3) is 0.444. The topological polar surface area (TPSA) is 64.3 Å². The Hall–Kier alpha value is -1.79. The highest BCUT2D eigenvalue weighted by molar-refractivity contribution is 7.97. The molecule has 0 radical (unpaired) electrons. The van der Waals surface area contributed by atoms with Crippen LogP contribution in [0.4, 0.5) is 11.5 Å². The second kappa shape index (κ2) is 9.49. The normalized spacial score (nSPS) is 14.0. The zero-order chi connectivity index (χ0) is 17.4. The molecule has 1 aliphatic heterocycles. The summed E-state index contributed by atoms with van der Waals surface area (Å²) in [6.45, 7) is 7.24. The Kier molecular flexibility index (Phi) is 7.34. The molecule has 1 saturated heterocycles. The van der Waals surface area contributed by atoms with Gasteiger partial charge in [-0.15, -0.1) is 0 Å². The lowest BCUT2D eigenvalue weighted by Gasteiger charge is -2.28. The second-order valence-corrected chi connectivity index (χ2v) is 6.06. The van der Waals surface area contributed by atoms with Gasteiger partial charge in [-0.3, -0.25) is 0 Å². The molecule has 0 unspecified atom stereocenters. The number of hydrogen-bond acceptors (Lipinski definition) is 6. The Bertz CT molecular complexity index is 627. The number of nitrogens with two attached hydrogens (primary N) is 1. The molecule has 130 valence electrons. The lowest BCUT2D eigenvalue weighted by atomic mass is 10.2. The minimum absolute atomic E-state index is 0.748. The van der Waals surface area contributed by atoms with E-state index in [-0.39, 0.29) is 0 Å². The third-order valence-electron chi connectivity index (χ3n) is 3.56. The SMILES string of the molecule is CC.CSCc1cc(N2CCOCC2)nc(-c2ccc(N)cc2)n1. The summed E-state index contributed by atoms with van der Waals surface area (Å²) in [7, 11) is 0. The molecular weight excluding hydrogens is 320 g/mol. The summed E-state index contributed by atoms with van der Waals surface area (Å²) in [6, 6.07) is 9.79. The Morgan fingerprint density at radius 3 is 2.42 bits per heavy atom. The molecule has 1 aromatic carbocycles. The van der Waals surface area contributed by atoms with E-state index in [1.165, 1.54) is 0 Å². The number of rotatable bonds is 4. The fourth-order valence-electron chi connectivity index (χ4n) is 2.42. The van der Waals surface area contributed by atoms with Crippen LogP contribution in [0.1, 0.15) is 19.5 Å². The second-order valence-electron chi connectivity index (χ2n) is 5.20. The summed E-state index contributed by atoms with van der Waals surface area (Å²) in [5.41, 5.74) is 8.55. The zero-order valence-corrected chi connectivity index (χ0v) is 15.5. The van der Waals surface area contributed by atoms with Gasteiger partial charge in [0.05, 0.1) is 18.9 Å². The van der Waals surface area contributed by atoms with Crippen LogP contribution in [0.15, 0.2) is 30.3 Å². The number of ether oxygens (including phenoxy) is 1. The van der Waals surface area contributed by atoms with Crippen LogP contribution in [-0.4, -0.2) is 42.5 Å². The van der Waals surface area contributed by atoms with E-state index in [0.717, 1.165) is 60.6 Å². The maximum absolute atomic E-state index is 5.76. The van der Waals surface area contributed by atoms with Crippen molar-refractivity contribution in [2.45, 2.75) is 19.6 Å². The molecule has 5 nitrogen and oxygen atoms in total. The molecule has 2 heterocycles. The van der Waals surface area contributed by atoms with E-state index < -0.39 is 0 Å². The predicted molar refractivity (Wildman–Crippen MR) is 103 cm³/mol. The molecule has 0 aliphatic carbocycles. The van der Waals surface area contributed by atoms with Crippen LogP contribution in [0.3, 0.4) is 0 Å². The number of nitrogen functional groups attached to an aromatic ring is 1. The first kappa shape index (κ1) is 18.5. The summed E-state index contributed by atoms with van der Waals surface area (Å²) in [5, 5.41) is 0. The molecule has 2 N–H and O–H groups in total. The van der Waals surface area contributed by atoms with Crippen molar-refractivity contribution < 1.29 is 4.74 Å². The molecule has 3 rings (SSSR count). The summed E-state index contributed by atoms with van der Waals surface area (Å²) in [6.07, 6.45) is 2.08. The zero-order valence-electron chi connectivity index (χ0n) is 14.7. The molecule has 2 aromatic rings. The number of thioether (sulfide) groups is 1. The van der Waals surface area contributed by atoms with Crippen molar-refractivity contribution in [3.63, 3.8) is 0 Å². The first-order valence-electron chi connectivity index (χ1n) is 8.32. The number of anilines is 2. The van der Waals surface area contributed by atoms with Crippen LogP contribution in [0.2, 0.25) is 0 Å². The lowest BCUT2D eigenvalue weighted by Crippen LogP contribution is -2.37. The molecule has 1 aromatic heterocycles. The first-order valence-corrected chi connectivity index (χ1v) is 9.71. The van der Waals surface area contributed by atoms with Crippen LogP contribution < -0.4 is 10.6 Å². The van der Waals surface area contributed by atoms with Gasteiger partial charge in [0.15, 0.2) is 5.82 Å². The highest BCUT2D eigenvalue weighted by Crippen LogP contribution is 2.23. The van der Waals surface area contributed by atoms with Crippen molar-refractivity contribution in [1.82, 2.24) is 9.97 Å². The molecule has 0 bridgehead atoms. The van der Waals surface area contributed by atoms with Crippen molar-refractivity contribution >= 4 is 23.3 Å². The van der Waals surface area contributed by atoms with Crippen LogP contribution >= 0.6 is 11.8 Å². The molecular formula is C18H26N4OS. The van der Waals surface area contributed by atoms with E-state index in [9.17, 15) is 0 Å². The Morgan fingerprint density at radius 2 is 1.79 bits per heavy atom. The average Bonchev–Trinajstić information content (AvgIpc) is 2.65. The molecule has 0 atom stereocenters. The number of morpholine rings is 1. The van der Waals surface area contributed by atoms with Crippen molar-refractivity contribution in [2.24, 2.45) is 0 Å². The minimum Gasteiger partial charge on any atom is -0.399 e. The monoisotopic (exact) mass is 346 g/mol. The summed E-state index contributed by atoms with van der Waals surface area (Å²) in [4.78, 5) is 11.7. The van der Waals surface area contributed by atoms with Gasteiger partial charge in [-0.05, 0) is 30.5 Å². The van der Waals surface area contributed by atoms with Gasteiger partial charge in [0.1, 0.15) is 5.82 Å². The molecule has 0 saturated carbocycles. The van der Waals surface area contributed by atoms with E-state index in [1.54, 1.807) is 11.8 Å². The third-order valence-corrected chi connectivity index (χ3v) is 4.15. The molecule has 6 heteroatoms. The van der Waals surface area contributed by atoms with Gasteiger partial charge in [-0.2, -0.15) is 11.8 Å². The summed E-state index contributed by atoms with van der Waals surface area (Å²) in [5.74, 6) is 2.61. The summed E-state index contributed by atoms with van der Waals surface area (Å²) >= 11 is 1.76. The number of hydrogen-bond donors (Lipinski definition) is 1. The van der Waals surface area contributed by atoms with Gasteiger partial charge in [0.2, 0.25) is 0 Å². The molecule has 1 fully saturated rings. The minimum atomic E-state index is 0.748. The fourth-order valence-corrected chi connectivity index (χ4v) is 2.86. The largest absolute Gasteiger partial charge is 0.399 e. The number of benzene rings is 1. The van der Waals surface area contributed by atoms with E-state index in [2.05, 4.69) is 22.2 Å². The van der Waals surface area contributed by atoms with E-state index in [1.807, 2.05) is 38.1 Å². The van der Waals surface area contributed by atoms with Crippen LogP contribution in [-0.2, 0) is 10.5 Å². The Morgan fingerprint density at radius 1 is 1.12 bits per heavy atom. The van der Waals surface area contributed by atoms with Crippen LogP contribution in [0.25, 0.3) is 11.4 Å². The maximum atomic E-state index is 5.76. The molecule has 0 amide bonds. The highest BCUT2D eigenvalue weighted by atomic mass is 32.2. The highest BCUT2D eigenvalue weighted by Gasteiger charge is 2.15. The van der Waals surface area contributed by atoms with E-state index in [4.69, 9.17) is 15.5 Å². The quantitative estimate of drug-likeness (QED) is 0.856. The van der Waals surface area contributed by atoms with Gasteiger partial charge in [-0.25, -0.2) is 9.97 Å². The van der Waals surface area contributed by atoms with Gasteiger partial charge < -0.3 is 15.4 Å². The number of aromatic nitrogens is 2. The van der Waals surface area contributed by atoms with Crippen molar-refractivity contribution in [2.75, 3.05) is 43.2 Å². The van der Waals surface area contributed by atoms with E-state index in [0.29, 0.717) is 0 Å². The van der Waals surface area contributed by atoms with Gasteiger partial charge >= 0.3 is 0 Å². The molecule has 1 aliphatic rings. The predicted octanol–water partition coefficient (Wildman–Crippen LogP) is 3.45. The average molecular weight is 346 g/mol. The Labute approximate surface area is 148 Å². The van der Waals surface area contributed by atoms with Gasteiger partial charge in [0, 0.05) is 36.2 Å². The summed E-state index contributed by atoms with van der Waals surface area (Å²) < 4.78 is 5.42. The van der Waals surface area contributed by atoms with Crippen LogP contribution in [0.5, 0.6) is 0 Å². The smallest absolute Gasteiger partial charge is 0.161 e. The molecule has 24 heavy (non-hydrogen) atoms. The van der Waals surface area contributed by atoms with Crippen LogP contribution in [0, 0.1) is 0 Å². The van der Waals surface area contributed by atoms with Gasteiger partial charge in [-0.1, -0.05) is 13.8 Å². The lowest BCUT2D eigenvalue weighted by molar-refractivity contribution is 0.122. The Balaban J connectivity index is 0.00000100. The van der Waals surface area contributed by atoms with Gasteiger partial charge in [0.25, 0.3) is 0 Å². The van der Waals surface area contributed by atoms with Crippen molar-refractivity contribution in [1.29, 1.82) is 0 Å².